The van der Waals surface area contributed by atoms with E-state index in [4.69, 9.17) is 0 Å². The zero-order chi connectivity index (χ0) is 21.1. The van der Waals surface area contributed by atoms with Gasteiger partial charge in [0.2, 0.25) is 5.91 Å². The van der Waals surface area contributed by atoms with Crippen LogP contribution in [-0.4, -0.2) is 50.5 Å². The SMILES string of the molecule is O=C(c1cccc(CS(=O)(=O)CC(=O)N2CCc3ccccc32)c1)N1CCCCC1. The Labute approximate surface area is 177 Å². The third kappa shape index (κ3) is 4.56. The Bertz CT molecular complexity index is 1060. The highest BCUT2D eigenvalue weighted by Crippen LogP contribution is 2.27. The lowest BCUT2D eigenvalue weighted by Crippen LogP contribution is -2.35. The van der Waals surface area contributed by atoms with Crippen LogP contribution in [0.2, 0.25) is 0 Å². The largest absolute Gasteiger partial charge is 0.339 e. The average molecular weight is 427 g/mol. The van der Waals surface area contributed by atoms with Gasteiger partial charge in [-0.3, -0.25) is 9.59 Å². The molecule has 0 spiro atoms. The van der Waals surface area contributed by atoms with Gasteiger partial charge in [0.15, 0.2) is 9.84 Å². The van der Waals surface area contributed by atoms with Gasteiger partial charge in [-0.1, -0.05) is 30.3 Å². The first-order valence-electron chi connectivity index (χ1n) is 10.4. The van der Waals surface area contributed by atoms with Gasteiger partial charge in [0, 0.05) is 30.9 Å². The first-order valence-corrected chi connectivity index (χ1v) is 12.2. The number of hydrogen-bond donors (Lipinski definition) is 0. The Hall–Kier alpha value is -2.67. The molecule has 30 heavy (non-hydrogen) atoms. The Morgan fingerprint density at radius 3 is 2.47 bits per heavy atom. The van der Waals surface area contributed by atoms with Gasteiger partial charge in [0.1, 0.15) is 5.75 Å². The summed E-state index contributed by atoms with van der Waals surface area (Å²) in [5.41, 5.74) is 2.90. The molecule has 0 bridgehead atoms. The maximum Gasteiger partial charge on any atom is 0.253 e. The predicted molar refractivity (Wildman–Crippen MR) is 116 cm³/mol. The maximum absolute atomic E-state index is 12.7. The van der Waals surface area contributed by atoms with Crippen molar-refractivity contribution in [3.63, 3.8) is 0 Å². The number of nitrogens with zero attached hydrogens (tertiary/aromatic N) is 2. The van der Waals surface area contributed by atoms with E-state index in [0.717, 1.165) is 50.0 Å². The first-order chi connectivity index (χ1) is 14.4. The predicted octanol–water partition coefficient (Wildman–Crippen LogP) is 2.82. The fourth-order valence-electron chi connectivity index (χ4n) is 4.24. The molecule has 0 atom stereocenters. The number of benzene rings is 2. The number of carbonyl (C=O) groups is 2. The van der Waals surface area contributed by atoms with Crippen LogP contribution in [0.25, 0.3) is 0 Å². The lowest BCUT2D eigenvalue weighted by atomic mass is 10.1. The average Bonchev–Trinajstić information content (AvgIpc) is 3.18. The minimum Gasteiger partial charge on any atom is -0.339 e. The van der Waals surface area contributed by atoms with Crippen molar-refractivity contribution >= 4 is 27.3 Å². The van der Waals surface area contributed by atoms with Crippen molar-refractivity contribution in [1.82, 2.24) is 4.90 Å². The van der Waals surface area contributed by atoms with Gasteiger partial charge in [-0.25, -0.2) is 8.42 Å². The van der Waals surface area contributed by atoms with Gasteiger partial charge < -0.3 is 9.80 Å². The van der Waals surface area contributed by atoms with Crippen LogP contribution in [0.1, 0.15) is 40.7 Å². The molecule has 2 aromatic carbocycles. The van der Waals surface area contributed by atoms with Crippen LogP contribution in [0, 0.1) is 0 Å². The number of carbonyl (C=O) groups excluding carboxylic acids is 2. The van der Waals surface area contributed by atoms with E-state index in [1.165, 1.54) is 0 Å². The molecule has 2 amide bonds. The Morgan fingerprint density at radius 1 is 0.900 bits per heavy atom. The molecule has 7 heteroatoms. The number of amides is 2. The first kappa shape index (κ1) is 20.6. The molecule has 0 N–H and O–H groups in total. The molecular weight excluding hydrogens is 400 g/mol. The summed E-state index contributed by atoms with van der Waals surface area (Å²) in [6, 6.07) is 14.3. The molecular formula is C23H26N2O4S. The molecule has 0 saturated carbocycles. The van der Waals surface area contributed by atoms with E-state index in [1.54, 1.807) is 29.2 Å². The fourth-order valence-corrected chi connectivity index (χ4v) is 5.56. The molecule has 0 aliphatic carbocycles. The molecule has 1 fully saturated rings. The number of piperidine rings is 1. The molecule has 0 aromatic heterocycles. The van der Waals surface area contributed by atoms with Gasteiger partial charge in [0.25, 0.3) is 5.91 Å². The summed E-state index contributed by atoms with van der Waals surface area (Å²) in [5, 5.41) is 0. The number of hydrogen-bond acceptors (Lipinski definition) is 4. The molecule has 6 nitrogen and oxygen atoms in total. The second kappa shape index (κ2) is 8.60. The van der Waals surface area contributed by atoms with Crippen LogP contribution in [0.4, 0.5) is 5.69 Å². The van der Waals surface area contributed by atoms with Crippen LogP contribution in [0.3, 0.4) is 0 Å². The van der Waals surface area contributed by atoms with Gasteiger partial charge in [0.05, 0.1) is 5.75 Å². The summed E-state index contributed by atoms with van der Waals surface area (Å²) < 4.78 is 25.4. The van der Waals surface area contributed by atoms with E-state index >= 15 is 0 Å². The Morgan fingerprint density at radius 2 is 1.67 bits per heavy atom. The monoisotopic (exact) mass is 426 g/mol. The van der Waals surface area contributed by atoms with Crippen LogP contribution >= 0.6 is 0 Å². The lowest BCUT2D eigenvalue weighted by Gasteiger charge is -2.26. The number of anilines is 1. The van der Waals surface area contributed by atoms with Crippen molar-refractivity contribution in [2.75, 3.05) is 30.3 Å². The smallest absolute Gasteiger partial charge is 0.253 e. The highest BCUT2D eigenvalue weighted by atomic mass is 32.2. The van der Waals surface area contributed by atoms with Crippen LogP contribution < -0.4 is 4.90 Å². The summed E-state index contributed by atoms with van der Waals surface area (Å²) in [7, 11) is -3.66. The highest BCUT2D eigenvalue weighted by Gasteiger charge is 2.28. The van der Waals surface area contributed by atoms with Crippen molar-refractivity contribution in [1.29, 1.82) is 0 Å². The van der Waals surface area contributed by atoms with Crippen molar-refractivity contribution in [3.05, 3.63) is 65.2 Å². The minimum absolute atomic E-state index is 0.0568. The molecule has 0 radical (unpaired) electrons. The zero-order valence-corrected chi connectivity index (χ0v) is 17.7. The van der Waals surface area contributed by atoms with Gasteiger partial charge in [-0.15, -0.1) is 0 Å². The number of likely N-dealkylation sites (tertiary alicyclic amines) is 1. The Kier molecular flexibility index (Phi) is 5.90. The van der Waals surface area contributed by atoms with Crippen molar-refractivity contribution < 1.29 is 18.0 Å². The summed E-state index contributed by atoms with van der Waals surface area (Å²) in [5.74, 6) is -1.25. The number of rotatable bonds is 5. The molecule has 0 unspecified atom stereocenters. The van der Waals surface area contributed by atoms with E-state index in [1.807, 2.05) is 29.2 Å². The van der Waals surface area contributed by atoms with Crippen molar-refractivity contribution in [3.8, 4) is 0 Å². The lowest BCUT2D eigenvalue weighted by molar-refractivity contribution is -0.116. The topological polar surface area (TPSA) is 74.8 Å². The number of sulfone groups is 1. The van der Waals surface area contributed by atoms with Gasteiger partial charge in [-0.05, 0) is 55.0 Å². The molecule has 2 heterocycles. The quantitative estimate of drug-likeness (QED) is 0.737. The highest BCUT2D eigenvalue weighted by molar-refractivity contribution is 7.91. The third-order valence-electron chi connectivity index (χ3n) is 5.74. The third-order valence-corrected chi connectivity index (χ3v) is 7.20. The summed E-state index contributed by atoms with van der Waals surface area (Å²) in [4.78, 5) is 28.8. The van der Waals surface area contributed by atoms with Crippen LogP contribution in [0.5, 0.6) is 0 Å². The standard InChI is InChI=1S/C23H26N2O4S/c26-22(25-14-11-19-8-2-3-10-21(19)25)17-30(28,29)16-18-7-6-9-20(15-18)23(27)24-12-4-1-5-13-24/h2-3,6-10,15H,1,4-5,11-14,16-17H2. The van der Waals surface area contributed by atoms with E-state index in [-0.39, 0.29) is 11.7 Å². The van der Waals surface area contributed by atoms with Gasteiger partial charge in [-0.2, -0.15) is 0 Å². The molecule has 1 saturated heterocycles. The van der Waals surface area contributed by atoms with Crippen LogP contribution in [-0.2, 0) is 26.8 Å². The molecule has 158 valence electrons. The van der Waals surface area contributed by atoms with Gasteiger partial charge >= 0.3 is 0 Å². The Balaban J connectivity index is 1.43. The number of para-hydroxylation sites is 1. The second-order valence-electron chi connectivity index (χ2n) is 8.01. The maximum atomic E-state index is 12.7. The van der Waals surface area contributed by atoms with Crippen molar-refractivity contribution in [2.45, 2.75) is 31.4 Å². The molecule has 4 rings (SSSR count). The van der Waals surface area contributed by atoms with E-state index in [0.29, 0.717) is 17.7 Å². The van der Waals surface area contributed by atoms with Crippen molar-refractivity contribution in [2.24, 2.45) is 0 Å². The van der Waals surface area contributed by atoms with Crippen LogP contribution in [0.15, 0.2) is 48.5 Å². The fraction of sp³-hybridized carbons (Fsp3) is 0.391. The summed E-state index contributed by atoms with van der Waals surface area (Å²) >= 11 is 0. The zero-order valence-electron chi connectivity index (χ0n) is 16.9. The summed E-state index contributed by atoms with van der Waals surface area (Å²) in [6.07, 6.45) is 3.88. The molecule has 2 aliphatic rings. The molecule has 2 aliphatic heterocycles. The van der Waals surface area contributed by atoms with E-state index in [2.05, 4.69) is 0 Å². The second-order valence-corrected chi connectivity index (χ2v) is 10.1. The van der Waals surface area contributed by atoms with E-state index < -0.39 is 21.5 Å². The normalized spacial score (nSPS) is 16.4. The minimum atomic E-state index is -3.66. The summed E-state index contributed by atoms with van der Waals surface area (Å²) in [6.45, 7) is 1.99. The number of fused-ring (bicyclic) bond motifs is 1. The molecule has 2 aromatic rings. The van der Waals surface area contributed by atoms with E-state index in [9.17, 15) is 18.0 Å².